The summed E-state index contributed by atoms with van der Waals surface area (Å²) >= 11 is 13.0. The number of nitriles is 3. The second-order valence-corrected chi connectivity index (χ2v) is 9.07. The first kappa shape index (κ1) is 24.2. The second kappa shape index (κ2) is 9.72. The molecule has 35 heavy (non-hydrogen) atoms. The van der Waals surface area contributed by atoms with Gasteiger partial charge in [-0.15, -0.1) is 0 Å². The summed E-state index contributed by atoms with van der Waals surface area (Å²) in [5.74, 6) is -1.57. The predicted molar refractivity (Wildman–Crippen MR) is 129 cm³/mol. The van der Waals surface area contributed by atoms with Crippen LogP contribution in [0.15, 0.2) is 71.5 Å². The highest BCUT2D eigenvalue weighted by atomic mass is 35.5. The van der Waals surface area contributed by atoms with Crippen LogP contribution in [-0.4, -0.2) is 24.1 Å². The number of carbonyl (C=O) groups is 1. The van der Waals surface area contributed by atoms with Crippen molar-refractivity contribution in [1.82, 2.24) is 4.90 Å². The van der Waals surface area contributed by atoms with Gasteiger partial charge in [-0.1, -0.05) is 65.7 Å². The molecule has 9 heteroatoms. The Balaban J connectivity index is 1.78. The minimum absolute atomic E-state index is 0.0647. The highest BCUT2D eigenvalue weighted by Crippen LogP contribution is 2.56. The third-order valence-corrected chi connectivity index (χ3v) is 7.10. The van der Waals surface area contributed by atoms with E-state index in [1.807, 2.05) is 42.5 Å². The third kappa shape index (κ3) is 4.08. The van der Waals surface area contributed by atoms with E-state index in [4.69, 9.17) is 33.7 Å². The fourth-order valence-corrected chi connectivity index (χ4v) is 5.39. The zero-order valence-corrected chi connectivity index (χ0v) is 19.9. The van der Waals surface area contributed by atoms with E-state index in [1.165, 1.54) is 4.90 Å². The molecule has 1 heterocycles. The smallest absolute Gasteiger partial charge is 0.410 e. The molecule has 2 aromatic carbocycles. The molecule has 0 fully saturated rings. The maximum atomic E-state index is 12.9. The summed E-state index contributed by atoms with van der Waals surface area (Å²) in [6, 6.07) is 20.3. The molecule has 0 spiro atoms. The number of hydrogen-bond donors (Lipinski definition) is 1. The van der Waals surface area contributed by atoms with Crippen molar-refractivity contribution >= 4 is 29.3 Å². The van der Waals surface area contributed by atoms with E-state index in [0.29, 0.717) is 11.1 Å². The summed E-state index contributed by atoms with van der Waals surface area (Å²) in [5.41, 5.74) is 6.07. The van der Waals surface area contributed by atoms with Gasteiger partial charge in [0.1, 0.15) is 12.7 Å². The SMILES string of the molecule is N#CC1=C(N)C(C#N)(C#N)[C@@H](c2c(Cl)cccc2Cl)[C@H]2CN(C(=O)OCc3ccccc3)CC=C12. The first-order chi connectivity index (χ1) is 16.9. The molecular formula is C26H19Cl2N5O2. The number of amides is 1. The van der Waals surface area contributed by atoms with Crippen LogP contribution in [-0.2, 0) is 11.3 Å². The minimum Gasteiger partial charge on any atom is -0.445 e. The van der Waals surface area contributed by atoms with Crippen LogP contribution in [0.1, 0.15) is 17.0 Å². The Labute approximate surface area is 212 Å². The molecule has 0 aromatic heterocycles. The van der Waals surface area contributed by atoms with Gasteiger partial charge >= 0.3 is 6.09 Å². The van der Waals surface area contributed by atoms with Gasteiger partial charge in [0.25, 0.3) is 0 Å². The predicted octanol–water partition coefficient (Wildman–Crippen LogP) is 5.06. The average molecular weight is 504 g/mol. The van der Waals surface area contributed by atoms with Crippen LogP contribution < -0.4 is 5.73 Å². The summed E-state index contributed by atoms with van der Waals surface area (Å²) in [6.07, 6.45) is 1.15. The van der Waals surface area contributed by atoms with Crippen LogP contribution in [0.4, 0.5) is 4.79 Å². The number of benzene rings is 2. The quantitative estimate of drug-likeness (QED) is 0.623. The molecule has 2 aliphatic rings. The molecule has 2 atom stereocenters. The van der Waals surface area contributed by atoms with Crippen LogP contribution in [0.5, 0.6) is 0 Å². The summed E-state index contributed by atoms with van der Waals surface area (Å²) in [7, 11) is 0. The Morgan fingerprint density at radius 1 is 1.09 bits per heavy atom. The van der Waals surface area contributed by atoms with Crippen LogP contribution in [0.25, 0.3) is 0 Å². The number of allylic oxidation sites excluding steroid dienone is 2. The third-order valence-electron chi connectivity index (χ3n) is 6.44. The van der Waals surface area contributed by atoms with Gasteiger partial charge in [-0.3, -0.25) is 0 Å². The Kier molecular flexibility index (Phi) is 6.72. The largest absolute Gasteiger partial charge is 0.445 e. The Bertz CT molecular complexity index is 1330. The van der Waals surface area contributed by atoms with Crippen molar-refractivity contribution in [3.63, 3.8) is 0 Å². The lowest BCUT2D eigenvalue weighted by Gasteiger charge is -2.45. The lowest BCUT2D eigenvalue weighted by atomic mass is 9.58. The van der Waals surface area contributed by atoms with Crippen LogP contribution in [0.3, 0.4) is 0 Å². The second-order valence-electron chi connectivity index (χ2n) is 8.26. The summed E-state index contributed by atoms with van der Waals surface area (Å²) in [4.78, 5) is 14.4. The lowest BCUT2D eigenvalue weighted by Crippen LogP contribution is -2.49. The van der Waals surface area contributed by atoms with Gasteiger partial charge in [-0.25, -0.2) is 4.79 Å². The molecule has 7 nitrogen and oxygen atoms in total. The van der Waals surface area contributed by atoms with Crippen molar-refractivity contribution in [3.05, 3.63) is 92.6 Å². The highest BCUT2D eigenvalue weighted by molar-refractivity contribution is 6.36. The fourth-order valence-electron chi connectivity index (χ4n) is 4.76. The standard InChI is InChI=1S/C26H19Cl2N5O2/c27-20-7-4-8-21(28)22(20)23-19-12-33(25(34)35-13-16-5-2-1-3-6-16)10-9-17(19)18(11-29)24(32)26(23,14-30)15-31/h1-9,19,23H,10,12-13,32H2/t19-,23+/m0/s1. The van der Waals surface area contributed by atoms with E-state index < -0.39 is 23.3 Å². The molecule has 4 rings (SSSR count). The van der Waals surface area contributed by atoms with Crippen LogP contribution in [0, 0.1) is 45.3 Å². The minimum atomic E-state index is -1.92. The Hall–Kier alpha value is -3.96. The number of ether oxygens (including phenoxy) is 1. The molecule has 1 aliphatic heterocycles. The average Bonchev–Trinajstić information content (AvgIpc) is 2.88. The maximum absolute atomic E-state index is 12.9. The van der Waals surface area contributed by atoms with Gasteiger partial charge in [0.05, 0.1) is 23.4 Å². The van der Waals surface area contributed by atoms with Gasteiger partial charge in [0.2, 0.25) is 0 Å². The monoisotopic (exact) mass is 503 g/mol. The van der Waals surface area contributed by atoms with Crippen molar-refractivity contribution < 1.29 is 9.53 Å². The number of nitrogens with zero attached hydrogens (tertiary/aromatic N) is 4. The molecule has 1 amide bonds. The van der Waals surface area contributed by atoms with Crippen molar-refractivity contribution in [2.24, 2.45) is 17.1 Å². The molecule has 174 valence electrons. The van der Waals surface area contributed by atoms with Crippen molar-refractivity contribution in [2.75, 3.05) is 13.1 Å². The van der Waals surface area contributed by atoms with E-state index in [-0.39, 0.29) is 41.0 Å². The topological polar surface area (TPSA) is 127 Å². The molecule has 0 saturated carbocycles. The summed E-state index contributed by atoms with van der Waals surface area (Å²) in [6.45, 7) is 0.343. The van der Waals surface area contributed by atoms with E-state index in [2.05, 4.69) is 6.07 Å². The molecule has 0 bridgehead atoms. The molecule has 2 aromatic rings. The normalized spacial score (nSPS) is 20.5. The van der Waals surface area contributed by atoms with Crippen molar-refractivity contribution in [2.45, 2.75) is 12.5 Å². The molecule has 1 aliphatic carbocycles. The first-order valence-electron chi connectivity index (χ1n) is 10.7. The fraction of sp³-hybridized carbons (Fsp3) is 0.231. The summed E-state index contributed by atoms with van der Waals surface area (Å²) in [5, 5.41) is 30.8. The molecule has 2 N–H and O–H groups in total. The van der Waals surface area contributed by atoms with E-state index >= 15 is 0 Å². The number of fused-ring (bicyclic) bond motifs is 1. The van der Waals surface area contributed by atoms with Gasteiger partial charge in [0, 0.05) is 35.0 Å². The number of carbonyl (C=O) groups excluding carboxylic acids is 1. The summed E-state index contributed by atoms with van der Waals surface area (Å²) < 4.78 is 5.49. The van der Waals surface area contributed by atoms with Gasteiger partial charge < -0.3 is 15.4 Å². The molecule has 0 unspecified atom stereocenters. The molecule has 0 saturated heterocycles. The van der Waals surface area contributed by atoms with Crippen LogP contribution >= 0.6 is 23.2 Å². The zero-order valence-electron chi connectivity index (χ0n) is 18.4. The van der Waals surface area contributed by atoms with E-state index in [0.717, 1.165) is 5.56 Å². The maximum Gasteiger partial charge on any atom is 0.410 e. The number of halogens is 2. The van der Waals surface area contributed by atoms with Gasteiger partial charge in [-0.2, -0.15) is 15.8 Å². The van der Waals surface area contributed by atoms with Crippen molar-refractivity contribution in [3.8, 4) is 18.2 Å². The number of hydrogen-bond acceptors (Lipinski definition) is 6. The van der Waals surface area contributed by atoms with Gasteiger partial charge in [0.15, 0.2) is 5.41 Å². The Morgan fingerprint density at radius 2 is 1.74 bits per heavy atom. The van der Waals surface area contributed by atoms with Crippen molar-refractivity contribution in [1.29, 1.82) is 15.8 Å². The molecular weight excluding hydrogens is 485 g/mol. The van der Waals surface area contributed by atoms with E-state index in [1.54, 1.807) is 24.3 Å². The Morgan fingerprint density at radius 3 is 2.34 bits per heavy atom. The van der Waals surface area contributed by atoms with Gasteiger partial charge in [-0.05, 0) is 28.8 Å². The first-order valence-corrected chi connectivity index (χ1v) is 11.5. The number of nitrogens with two attached hydrogens (primary N) is 1. The zero-order chi connectivity index (χ0) is 25.2. The number of rotatable bonds is 3. The van der Waals surface area contributed by atoms with Crippen LogP contribution in [0.2, 0.25) is 10.0 Å². The van der Waals surface area contributed by atoms with E-state index in [9.17, 15) is 20.6 Å². The molecule has 0 radical (unpaired) electrons. The lowest BCUT2D eigenvalue weighted by molar-refractivity contribution is 0.0899. The highest BCUT2D eigenvalue weighted by Gasteiger charge is 2.55.